The Hall–Kier alpha value is -0.473. The molecule has 1 heterocycles. The summed E-state index contributed by atoms with van der Waals surface area (Å²) in [5.41, 5.74) is 6.55. The number of nitrogens with two attached hydrogens (primary N) is 1. The Labute approximate surface area is 156 Å². The van der Waals surface area contributed by atoms with Crippen LogP contribution in [0.3, 0.4) is 0 Å². The highest BCUT2D eigenvalue weighted by molar-refractivity contribution is 8.14. The molecule has 1 saturated heterocycles. The first-order valence-corrected chi connectivity index (χ1v) is 11.0. The van der Waals surface area contributed by atoms with Gasteiger partial charge in [-0.3, -0.25) is 4.79 Å². The molecule has 1 fully saturated rings. The number of rotatable bonds is 10. The van der Waals surface area contributed by atoms with E-state index in [0.717, 1.165) is 42.7 Å². The number of nitrogen functional groups attached to an aromatic ring is 1. The average molecular weight is 382 g/mol. The fourth-order valence-electron chi connectivity index (χ4n) is 2.45. The van der Waals surface area contributed by atoms with Gasteiger partial charge in [0.15, 0.2) is 0 Å². The molecule has 0 aliphatic carbocycles. The van der Waals surface area contributed by atoms with Gasteiger partial charge < -0.3 is 15.8 Å². The van der Waals surface area contributed by atoms with E-state index in [1.165, 1.54) is 23.9 Å². The lowest BCUT2D eigenvalue weighted by molar-refractivity contribution is -0.112. The first-order valence-electron chi connectivity index (χ1n) is 8.34. The predicted molar refractivity (Wildman–Crippen MR) is 105 cm³/mol. The molecular weight excluding hydrogens is 356 g/mol. The van der Waals surface area contributed by atoms with Crippen molar-refractivity contribution < 1.29 is 9.53 Å². The van der Waals surface area contributed by atoms with Gasteiger partial charge in [-0.15, -0.1) is 0 Å². The maximum atomic E-state index is 12.4. The molecule has 1 aromatic rings. The van der Waals surface area contributed by atoms with Crippen molar-refractivity contribution in [1.82, 2.24) is 5.32 Å². The molecule has 0 spiro atoms. The van der Waals surface area contributed by atoms with Crippen LogP contribution >= 0.6 is 23.5 Å². The summed E-state index contributed by atoms with van der Waals surface area (Å²) in [6, 6.07) is 8.40. The molecule has 0 bridgehead atoms. The van der Waals surface area contributed by atoms with E-state index in [0.29, 0.717) is 5.69 Å². The lowest BCUT2D eigenvalue weighted by atomic mass is 10.2. The third-order valence-electron chi connectivity index (χ3n) is 3.76. The lowest BCUT2D eigenvalue weighted by Gasteiger charge is -2.11. The van der Waals surface area contributed by atoms with Gasteiger partial charge in [0, 0.05) is 34.0 Å². The summed E-state index contributed by atoms with van der Waals surface area (Å²) in [5, 5.41) is 3.38. The first kappa shape index (κ1) is 19.8. The zero-order chi connectivity index (χ0) is 17.2. The Morgan fingerprint density at radius 2 is 2.12 bits per heavy atom. The minimum absolute atomic E-state index is 0.115. The second kappa shape index (κ2) is 11.2. The van der Waals surface area contributed by atoms with Crippen molar-refractivity contribution >= 4 is 44.6 Å². The Bertz CT molecular complexity index is 519. The van der Waals surface area contributed by atoms with Crippen LogP contribution in [0.25, 0.3) is 0 Å². The van der Waals surface area contributed by atoms with Crippen molar-refractivity contribution in [3.05, 3.63) is 24.3 Å². The summed E-state index contributed by atoms with van der Waals surface area (Å²) in [6.45, 7) is 1.52. The SMILES string of the molecule is Nc1ccccc1SC(=O)[C@@H]1CC(OCCCSCCC[Si])CN1. The summed E-state index contributed by atoms with van der Waals surface area (Å²) < 4.78 is 5.89. The maximum Gasteiger partial charge on any atom is 0.210 e. The van der Waals surface area contributed by atoms with Crippen molar-refractivity contribution in [2.45, 2.75) is 42.3 Å². The zero-order valence-corrected chi connectivity index (χ0v) is 16.5. The van der Waals surface area contributed by atoms with Crippen LogP contribution in [0.15, 0.2) is 29.2 Å². The third kappa shape index (κ3) is 6.80. The standard InChI is InChI=1S/C17H25N2O2S2Si/c18-14-5-1-2-6-16(14)23-17(20)15-11-13(12-19-15)21-7-3-8-22-9-4-10-24/h1-2,5-6,13,15,19H,3-4,7-12,18H2/t13?,15-/m0/s1. The van der Waals surface area contributed by atoms with E-state index < -0.39 is 0 Å². The van der Waals surface area contributed by atoms with Crippen LogP contribution in [0.2, 0.25) is 6.04 Å². The molecular formula is C17H25N2O2S2Si. The molecule has 24 heavy (non-hydrogen) atoms. The molecule has 1 aromatic carbocycles. The van der Waals surface area contributed by atoms with Crippen molar-refractivity contribution in [3.63, 3.8) is 0 Å². The van der Waals surface area contributed by atoms with Crippen LogP contribution in [0.4, 0.5) is 5.69 Å². The zero-order valence-electron chi connectivity index (χ0n) is 13.8. The second-order valence-corrected chi connectivity index (χ2v) is 8.49. The minimum atomic E-state index is -0.146. The number of carbonyl (C=O) groups is 1. The number of hydrogen-bond acceptors (Lipinski definition) is 6. The van der Waals surface area contributed by atoms with Crippen molar-refractivity contribution in [2.24, 2.45) is 0 Å². The minimum Gasteiger partial charge on any atom is -0.398 e. The van der Waals surface area contributed by atoms with E-state index in [9.17, 15) is 4.79 Å². The molecule has 1 aliphatic rings. The summed E-state index contributed by atoms with van der Waals surface area (Å²) in [7, 11) is 3.48. The quantitative estimate of drug-likeness (QED) is 0.281. The second-order valence-electron chi connectivity index (χ2n) is 5.72. The number of nitrogens with one attached hydrogen (secondary N) is 1. The summed E-state index contributed by atoms with van der Waals surface area (Å²) in [4.78, 5) is 13.2. The van der Waals surface area contributed by atoms with E-state index in [4.69, 9.17) is 10.5 Å². The lowest BCUT2D eigenvalue weighted by Crippen LogP contribution is -2.28. The monoisotopic (exact) mass is 381 g/mol. The average Bonchev–Trinajstić information content (AvgIpc) is 3.05. The molecule has 0 aromatic heterocycles. The summed E-state index contributed by atoms with van der Waals surface area (Å²) in [6.07, 6.45) is 3.16. The van der Waals surface area contributed by atoms with Crippen LogP contribution in [-0.4, -0.2) is 52.2 Å². The number of hydrogen-bond donors (Lipinski definition) is 2. The van der Waals surface area contributed by atoms with E-state index in [-0.39, 0.29) is 17.3 Å². The van der Waals surface area contributed by atoms with Crippen LogP contribution in [-0.2, 0) is 9.53 Å². The molecule has 1 aliphatic heterocycles. The Morgan fingerprint density at radius 1 is 1.33 bits per heavy atom. The van der Waals surface area contributed by atoms with Gasteiger partial charge in [0.1, 0.15) is 0 Å². The van der Waals surface area contributed by atoms with Gasteiger partial charge in [-0.25, -0.2) is 0 Å². The molecule has 1 unspecified atom stereocenters. The van der Waals surface area contributed by atoms with Gasteiger partial charge in [0.2, 0.25) is 5.12 Å². The van der Waals surface area contributed by atoms with Gasteiger partial charge in [-0.2, -0.15) is 11.8 Å². The molecule has 0 amide bonds. The van der Waals surface area contributed by atoms with Gasteiger partial charge >= 0.3 is 0 Å². The van der Waals surface area contributed by atoms with Crippen LogP contribution < -0.4 is 11.1 Å². The number of anilines is 1. The number of thioether (sulfide) groups is 2. The first-order chi connectivity index (χ1) is 11.7. The molecule has 7 heteroatoms. The van der Waals surface area contributed by atoms with Crippen LogP contribution in [0, 0.1) is 0 Å². The van der Waals surface area contributed by atoms with Gasteiger partial charge in [0.25, 0.3) is 0 Å². The topological polar surface area (TPSA) is 64.4 Å². The highest BCUT2D eigenvalue weighted by Gasteiger charge is 2.30. The molecule has 4 nitrogen and oxygen atoms in total. The molecule has 2 atom stereocenters. The fourth-order valence-corrected chi connectivity index (χ4v) is 4.63. The molecule has 0 saturated carbocycles. The van der Waals surface area contributed by atoms with E-state index >= 15 is 0 Å². The van der Waals surface area contributed by atoms with E-state index in [1.54, 1.807) is 0 Å². The van der Waals surface area contributed by atoms with Gasteiger partial charge in [-0.05, 0) is 54.7 Å². The smallest absolute Gasteiger partial charge is 0.210 e. The normalized spacial score (nSPS) is 20.4. The molecule has 3 radical (unpaired) electrons. The molecule has 3 N–H and O–H groups in total. The predicted octanol–water partition coefficient (Wildman–Crippen LogP) is 2.73. The van der Waals surface area contributed by atoms with Gasteiger partial charge in [0.05, 0.1) is 12.1 Å². The number of ether oxygens (including phenoxy) is 1. The fraction of sp³-hybridized carbons (Fsp3) is 0.588. The highest BCUT2D eigenvalue weighted by Crippen LogP contribution is 2.28. The summed E-state index contributed by atoms with van der Waals surface area (Å²) in [5.74, 6) is 2.34. The molecule has 131 valence electrons. The largest absolute Gasteiger partial charge is 0.398 e. The van der Waals surface area contributed by atoms with Crippen LogP contribution in [0.1, 0.15) is 19.3 Å². The van der Waals surface area contributed by atoms with Crippen molar-refractivity contribution in [3.8, 4) is 0 Å². The van der Waals surface area contributed by atoms with Crippen molar-refractivity contribution in [2.75, 3.05) is 30.4 Å². The van der Waals surface area contributed by atoms with Crippen molar-refractivity contribution in [1.29, 1.82) is 0 Å². The van der Waals surface area contributed by atoms with E-state index in [1.807, 2.05) is 36.0 Å². The molecule has 2 rings (SSSR count). The highest BCUT2D eigenvalue weighted by atomic mass is 32.2. The number of carbonyl (C=O) groups excluding carboxylic acids is 1. The third-order valence-corrected chi connectivity index (χ3v) is 6.34. The number of benzene rings is 1. The van der Waals surface area contributed by atoms with Gasteiger partial charge in [-0.1, -0.05) is 18.2 Å². The Morgan fingerprint density at radius 3 is 2.92 bits per heavy atom. The van der Waals surface area contributed by atoms with E-state index in [2.05, 4.69) is 15.6 Å². The Kier molecular flexibility index (Phi) is 9.26. The summed E-state index contributed by atoms with van der Waals surface area (Å²) >= 11 is 3.19. The maximum absolute atomic E-state index is 12.4. The Balaban J connectivity index is 1.62. The van der Waals surface area contributed by atoms with Crippen LogP contribution in [0.5, 0.6) is 0 Å². The number of para-hydroxylation sites is 1.